The van der Waals surface area contributed by atoms with E-state index in [4.69, 9.17) is 0 Å². The van der Waals surface area contributed by atoms with Crippen molar-refractivity contribution in [1.29, 1.82) is 0 Å². The monoisotopic (exact) mass is 156 g/mol. The number of hydrogen-bond acceptors (Lipinski definition) is 2. The van der Waals surface area contributed by atoms with Gasteiger partial charge in [0.2, 0.25) is 0 Å². The number of carbonyl (C=O) groups is 1. The molecule has 0 amide bonds. The Hall–Kier alpha value is -0.790. The normalized spacial score (nSPS) is 10.4. The molecule has 0 bridgehead atoms. The van der Waals surface area contributed by atoms with Crippen LogP contribution in [0.2, 0.25) is 0 Å². The maximum absolute atomic E-state index is 10.6. The van der Waals surface area contributed by atoms with Crippen LogP contribution in [0, 0.1) is 0 Å². The van der Waals surface area contributed by atoms with Gasteiger partial charge in [0.05, 0.1) is 7.11 Å². The van der Waals surface area contributed by atoms with E-state index in [1.807, 2.05) is 0 Å². The molecule has 0 aliphatic rings. The maximum Gasteiger partial charge on any atom is 0.305 e. The van der Waals surface area contributed by atoms with Crippen molar-refractivity contribution in [3.05, 3.63) is 12.2 Å². The summed E-state index contributed by atoms with van der Waals surface area (Å²) in [5.41, 5.74) is 0. The lowest BCUT2D eigenvalue weighted by atomic mass is 10.2. The first kappa shape index (κ1) is 10.2. The molecule has 0 fully saturated rings. The van der Waals surface area contributed by atoms with Crippen LogP contribution in [0.5, 0.6) is 0 Å². The molecule has 0 aliphatic carbocycles. The summed E-state index contributed by atoms with van der Waals surface area (Å²) in [7, 11) is 1.42. The molecule has 0 N–H and O–H groups in total. The molecular formula is C9H16O2. The Kier molecular flexibility index (Phi) is 6.79. The third-order valence-electron chi connectivity index (χ3n) is 1.38. The zero-order valence-electron chi connectivity index (χ0n) is 7.30. The second kappa shape index (κ2) is 7.32. The molecule has 2 heteroatoms. The fourth-order valence-corrected chi connectivity index (χ4v) is 0.751. The molecule has 0 aromatic heterocycles. The lowest BCUT2D eigenvalue weighted by molar-refractivity contribution is -0.140. The minimum absolute atomic E-state index is 0.116. The van der Waals surface area contributed by atoms with Crippen LogP contribution in [-0.2, 0) is 9.53 Å². The van der Waals surface area contributed by atoms with Gasteiger partial charge in [0.25, 0.3) is 0 Å². The molecule has 0 heterocycles. The zero-order valence-corrected chi connectivity index (χ0v) is 7.30. The number of hydrogen-bond donors (Lipinski definition) is 0. The molecule has 0 aliphatic heterocycles. The quantitative estimate of drug-likeness (QED) is 0.347. The topological polar surface area (TPSA) is 26.3 Å². The highest BCUT2D eigenvalue weighted by atomic mass is 16.5. The van der Waals surface area contributed by atoms with E-state index < -0.39 is 0 Å². The van der Waals surface area contributed by atoms with Gasteiger partial charge in [-0.05, 0) is 19.3 Å². The van der Waals surface area contributed by atoms with Crippen molar-refractivity contribution >= 4 is 5.97 Å². The third kappa shape index (κ3) is 7.10. The molecule has 0 atom stereocenters. The first-order chi connectivity index (χ1) is 5.31. The van der Waals surface area contributed by atoms with E-state index in [0.717, 1.165) is 19.3 Å². The predicted octanol–water partition coefficient (Wildman–Crippen LogP) is 2.30. The second-order valence-electron chi connectivity index (χ2n) is 2.35. The van der Waals surface area contributed by atoms with E-state index in [2.05, 4.69) is 23.8 Å². The first-order valence-electron chi connectivity index (χ1n) is 4.03. The van der Waals surface area contributed by atoms with Crippen LogP contribution in [0.15, 0.2) is 12.2 Å². The molecule has 0 unspecified atom stereocenters. The minimum Gasteiger partial charge on any atom is -0.469 e. The largest absolute Gasteiger partial charge is 0.469 e. The molecular weight excluding hydrogens is 140 g/mol. The highest BCUT2D eigenvalue weighted by Gasteiger charge is 1.96. The minimum atomic E-state index is -0.116. The smallest absolute Gasteiger partial charge is 0.305 e. The number of ether oxygens (including phenoxy) is 1. The van der Waals surface area contributed by atoms with Gasteiger partial charge in [-0.1, -0.05) is 19.1 Å². The lowest BCUT2D eigenvalue weighted by Gasteiger charge is -1.95. The number of carbonyl (C=O) groups excluding carboxylic acids is 1. The van der Waals surface area contributed by atoms with Gasteiger partial charge in [-0.25, -0.2) is 0 Å². The maximum atomic E-state index is 10.6. The van der Waals surface area contributed by atoms with E-state index in [-0.39, 0.29) is 5.97 Å². The summed E-state index contributed by atoms with van der Waals surface area (Å²) >= 11 is 0. The number of methoxy groups -OCH3 is 1. The predicted molar refractivity (Wildman–Crippen MR) is 45.3 cm³/mol. The second-order valence-corrected chi connectivity index (χ2v) is 2.35. The molecule has 64 valence electrons. The molecule has 0 aromatic carbocycles. The van der Waals surface area contributed by atoms with Crippen molar-refractivity contribution in [2.75, 3.05) is 7.11 Å². The van der Waals surface area contributed by atoms with E-state index in [1.165, 1.54) is 7.11 Å². The molecule has 0 radical (unpaired) electrons. The van der Waals surface area contributed by atoms with Crippen LogP contribution in [0.3, 0.4) is 0 Å². The van der Waals surface area contributed by atoms with Gasteiger partial charge >= 0.3 is 5.97 Å². The lowest BCUT2D eigenvalue weighted by Crippen LogP contribution is -1.98. The highest BCUT2D eigenvalue weighted by Crippen LogP contribution is 1.98. The van der Waals surface area contributed by atoms with Crippen molar-refractivity contribution in [2.45, 2.75) is 32.6 Å². The van der Waals surface area contributed by atoms with Crippen LogP contribution >= 0.6 is 0 Å². The van der Waals surface area contributed by atoms with E-state index >= 15 is 0 Å². The van der Waals surface area contributed by atoms with Gasteiger partial charge in [0.1, 0.15) is 0 Å². The number of esters is 1. The molecule has 0 spiro atoms. The first-order valence-corrected chi connectivity index (χ1v) is 4.03. The van der Waals surface area contributed by atoms with Crippen molar-refractivity contribution in [1.82, 2.24) is 0 Å². The fourth-order valence-electron chi connectivity index (χ4n) is 0.751. The Morgan fingerprint density at radius 1 is 1.45 bits per heavy atom. The summed E-state index contributed by atoms with van der Waals surface area (Å²) in [6.07, 6.45) is 7.68. The van der Waals surface area contributed by atoms with Crippen LogP contribution < -0.4 is 0 Å². The number of unbranched alkanes of at least 4 members (excludes halogenated alkanes) is 1. The summed E-state index contributed by atoms with van der Waals surface area (Å²) in [5.74, 6) is -0.116. The summed E-state index contributed by atoms with van der Waals surface area (Å²) in [5, 5.41) is 0. The van der Waals surface area contributed by atoms with Crippen LogP contribution in [0.1, 0.15) is 32.6 Å². The summed E-state index contributed by atoms with van der Waals surface area (Å²) in [4.78, 5) is 10.6. The average molecular weight is 156 g/mol. The van der Waals surface area contributed by atoms with E-state index in [0.29, 0.717) is 6.42 Å². The average Bonchev–Trinajstić information content (AvgIpc) is 2.04. The Morgan fingerprint density at radius 2 is 2.18 bits per heavy atom. The van der Waals surface area contributed by atoms with Crippen molar-refractivity contribution in [2.24, 2.45) is 0 Å². The molecule has 2 nitrogen and oxygen atoms in total. The highest BCUT2D eigenvalue weighted by molar-refractivity contribution is 5.68. The van der Waals surface area contributed by atoms with E-state index in [9.17, 15) is 4.79 Å². The Morgan fingerprint density at radius 3 is 2.73 bits per heavy atom. The molecule has 0 saturated carbocycles. The van der Waals surface area contributed by atoms with Crippen molar-refractivity contribution in [3.8, 4) is 0 Å². The van der Waals surface area contributed by atoms with Gasteiger partial charge in [-0.15, -0.1) is 0 Å². The number of rotatable bonds is 5. The molecule has 0 saturated heterocycles. The Labute approximate surface area is 68.2 Å². The van der Waals surface area contributed by atoms with Gasteiger partial charge in [-0.3, -0.25) is 4.79 Å². The van der Waals surface area contributed by atoms with Crippen LogP contribution in [0.4, 0.5) is 0 Å². The van der Waals surface area contributed by atoms with Crippen molar-refractivity contribution < 1.29 is 9.53 Å². The van der Waals surface area contributed by atoms with Gasteiger partial charge in [-0.2, -0.15) is 0 Å². The van der Waals surface area contributed by atoms with Gasteiger partial charge in [0.15, 0.2) is 0 Å². The van der Waals surface area contributed by atoms with Gasteiger partial charge < -0.3 is 4.74 Å². The van der Waals surface area contributed by atoms with Gasteiger partial charge in [0, 0.05) is 6.42 Å². The summed E-state index contributed by atoms with van der Waals surface area (Å²) in [6, 6.07) is 0. The summed E-state index contributed by atoms with van der Waals surface area (Å²) in [6.45, 7) is 2.09. The Balaban J connectivity index is 3.14. The van der Waals surface area contributed by atoms with Crippen molar-refractivity contribution in [3.63, 3.8) is 0 Å². The molecule has 0 aromatic rings. The molecule has 11 heavy (non-hydrogen) atoms. The standard InChI is InChI=1S/C9H16O2/c1-3-4-5-6-7-8-9(10)11-2/h4-5H,3,6-8H2,1-2H3. The SMILES string of the molecule is CCC=CCCCC(=O)OC. The summed E-state index contributed by atoms with van der Waals surface area (Å²) < 4.78 is 4.49. The van der Waals surface area contributed by atoms with Crippen LogP contribution in [-0.4, -0.2) is 13.1 Å². The van der Waals surface area contributed by atoms with Crippen LogP contribution in [0.25, 0.3) is 0 Å². The molecule has 0 rings (SSSR count). The third-order valence-corrected chi connectivity index (χ3v) is 1.38. The Bertz CT molecular complexity index is 128. The van der Waals surface area contributed by atoms with E-state index in [1.54, 1.807) is 0 Å². The fraction of sp³-hybridized carbons (Fsp3) is 0.667. The zero-order chi connectivity index (χ0) is 8.53. The number of allylic oxidation sites excluding steroid dienone is 2.